The first kappa shape index (κ1) is 21.2. The molecule has 2 aromatic carbocycles. The quantitative estimate of drug-likeness (QED) is 0.552. The third-order valence-corrected chi connectivity index (χ3v) is 5.85. The van der Waals surface area contributed by atoms with Gasteiger partial charge in [0, 0.05) is 18.6 Å². The van der Waals surface area contributed by atoms with Crippen molar-refractivity contribution in [1.82, 2.24) is 5.32 Å². The van der Waals surface area contributed by atoms with Crippen LogP contribution in [-0.4, -0.2) is 25.2 Å². The highest BCUT2D eigenvalue weighted by Crippen LogP contribution is 2.32. The zero-order valence-corrected chi connectivity index (χ0v) is 18.1. The molecule has 5 nitrogen and oxygen atoms in total. The molecule has 1 atom stereocenters. The molecule has 5 heteroatoms. The molecule has 31 heavy (non-hydrogen) atoms. The molecule has 0 saturated carbocycles. The van der Waals surface area contributed by atoms with E-state index in [2.05, 4.69) is 55.6 Å². The first-order chi connectivity index (χ1) is 15.0. The summed E-state index contributed by atoms with van der Waals surface area (Å²) in [5.41, 5.74) is 2.39. The molecule has 2 heterocycles. The Balaban J connectivity index is 1.31. The second-order valence-electron chi connectivity index (χ2n) is 8.42. The predicted molar refractivity (Wildman–Crippen MR) is 119 cm³/mol. The summed E-state index contributed by atoms with van der Waals surface area (Å²) < 4.78 is 17.0. The summed E-state index contributed by atoms with van der Waals surface area (Å²) in [4.78, 5) is 12.2. The Morgan fingerprint density at radius 1 is 1.03 bits per heavy atom. The third kappa shape index (κ3) is 5.17. The maximum Gasteiger partial charge on any atom is 0.287 e. The van der Waals surface area contributed by atoms with Gasteiger partial charge in [-0.2, -0.15) is 0 Å². The number of hydrogen-bond donors (Lipinski definition) is 1. The molecule has 1 aliphatic rings. The highest BCUT2D eigenvalue weighted by Gasteiger charge is 2.23. The predicted octanol–water partition coefficient (Wildman–Crippen LogP) is 5.09. The summed E-state index contributed by atoms with van der Waals surface area (Å²) in [6.07, 6.45) is 2.14. The Morgan fingerprint density at radius 3 is 2.48 bits per heavy atom. The first-order valence-corrected chi connectivity index (χ1v) is 10.8. The van der Waals surface area contributed by atoms with E-state index < -0.39 is 0 Å². The lowest BCUT2D eigenvalue weighted by Crippen LogP contribution is -2.31. The SMILES string of the molecule is CC(C)(c1ccccc1)c1ccc(OCc2ccc(C(=O)NCC3CCCO3)o2)cc1. The van der Waals surface area contributed by atoms with Gasteiger partial charge in [-0.05, 0) is 48.2 Å². The average Bonchev–Trinajstić information content (AvgIpc) is 3.49. The molecule has 1 fully saturated rings. The third-order valence-electron chi connectivity index (χ3n) is 5.85. The van der Waals surface area contributed by atoms with Crippen LogP contribution in [0.4, 0.5) is 0 Å². The second-order valence-corrected chi connectivity index (χ2v) is 8.42. The minimum absolute atomic E-state index is 0.0907. The molecule has 162 valence electrons. The normalized spacial score (nSPS) is 16.3. The lowest BCUT2D eigenvalue weighted by atomic mass is 9.78. The van der Waals surface area contributed by atoms with Crippen molar-refractivity contribution < 1.29 is 18.7 Å². The lowest BCUT2D eigenvalue weighted by molar-refractivity contribution is 0.0832. The van der Waals surface area contributed by atoms with Gasteiger partial charge in [0.2, 0.25) is 0 Å². The summed E-state index contributed by atoms with van der Waals surface area (Å²) in [6, 6.07) is 22.0. The number of benzene rings is 2. The van der Waals surface area contributed by atoms with Gasteiger partial charge in [0.1, 0.15) is 18.1 Å². The number of carbonyl (C=O) groups is 1. The van der Waals surface area contributed by atoms with Gasteiger partial charge in [-0.1, -0.05) is 56.3 Å². The minimum atomic E-state index is -0.228. The van der Waals surface area contributed by atoms with Gasteiger partial charge in [0.05, 0.1) is 6.10 Å². The molecule has 1 aliphatic heterocycles. The summed E-state index contributed by atoms with van der Waals surface area (Å²) in [7, 11) is 0. The van der Waals surface area contributed by atoms with Crippen molar-refractivity contribution in [3.05, 3.63) is 89.4 Å². The molecular weight excluding hydrogens is 390 g/mol. The molecular formula is C26H29NO4. The topological polar surface area (TPSA) is 60.7 Å². The van der Waals surface area contributed by atoms with Crippen LogP contribution in [0.5, 0.6) is 5.75 Å². The Kier molecular flexibility index (Phi) is 6.42. The number of furan rings is 1. The summed E-state index contributed by atoms with van der Waals surface area (Å²) in [5, 5.41) is 2.86. The molecule has 1 amide bonds. The van der Waals surface area contributed by atoms with E-state index in [1.165, 1.54) is 11.1 Å². The van der Waals surface area contributed by atoms with Gasteiger partial charge in [-0.3, -0.25) is 4.79 Å². The summed E-state index contributed by atoms with van der Waals surface area (Å²) in [6.45, 7) is 5.98. The van der Waals surface area contributed by atoms with Crippen molar-refractivity contribution in [2.45, 2.75) is 44.8 Å². The minimum Gasteiger partial charge on any atom is -0.486 e. The van der Waals surface area contributed by atoms with Gasteiger partial charge in [0.15, 0.2) is 5.76 Å². The average molecular weight is 420 g/mol. The van der Waals surface area contributed by atoms with Crippen molar-refractivity contribution in [3.8, 4) is 5.75 Å². The zero-order chi connectivity index (χ0) is 21.7. The standard InChI is InChI=1S/C26H29NO4/c1-26(2,19-7-4-3-5-8-19)20-10-12-21(13-11-20)30-18-23-14-15-24(31-23)25(28)27-17-22-9-6-16-29-22/h3-5,7-8,10-15,22H,6,9,16-18H2,1-2H3,(H,27,28). The Hall–Kier alpha value is -3.05. The van der Waals surface area contributed by atoms with Gasteiger partial charge in [0.25, 0.3) is 5.91 Å². The van der Waals surface area contributed by atoms with E-state index in [4.69, 9.17) is 13.9 Å². The molecule has 1 aromatic heterocycles. The van der Waals surface area contributed by atoms with Crippen molar-refractivity contribution in [3.63, 3.8) is 0 Å². The van der Waals surface area contributed by atoms with E-state index in [9.17, 15) is 4.79 Å². The Bertz CT molecular complexity index is 986. The molecule has 1 unspecified atom stereocenters. The van der Waals surface area contributed by atoms with Crippen LogP contribution in [0.25, 0.3) is 0 Å². The number of nitrogens with one attached hydrogen (secondary N) is 1. The highest BCUT2D eigenvalue weighted by atomic mass is 16.5. The van der Waals surface area contributed by atoms with Crippen molar-refractivity contribution >= 4 is 5.91 Å². The summed E-state index contributed by atoms with van der Waals surface area (Å²) >= 11 is 0. The molecule has 0 bridgehead atoms. The van der Waals surface area contributed by atoms with Crippen LogP contribution in [0.1, 0.15) is 54.1 Å². The fourth-order valence-electron chi connectivity index (χ4n) is 3.82. The number of ether oxygens (including phenoxy) is 2. The molecule has 0 radical (unpaired) electrons. The van der Waals surface area contributed by atoms with Gasteiger partial charge < -0.3 is 19.2 Å². The molecule has 4 rings (SSSR count). The molecule has 0 aliphatic carbocycles. The zero-order valence-electron chi connectivity index (χ0n) is 18.1. The highest BCUT2D eigenvalue weighted by molar-refractivity contribution is 5.91. The van der Waals surface area contributed by atoms with E-state index in [-0.39, 0.29) is 29.8 Å². The maximum atomic E-state index is 12.2. The van der Waals surface area contributed by atoms with E-state index in [1.54, 1.807) is 12.1 Å². The van der Waals surface area contributed by atoms with Crippen molar-refractivity contribution in [2.24, 2.45) is 0 Å². The monoisotopic (exact) mass is 419 g/mol. The largest absolute Gasteiger partial charge is 0.486 e. The smallest absolute Gasteiger partial charge is 0.287 e. The van der Waals surface area contributed by atoms with Crippen molar-refractivity contribution in [2.75, 3.05) is 13.2 Å². The fraction of sp³-hybridized carbons (Fsp3) is 0.346. The van der Waals surface area contributed by atoms with Crippen LogP contribution in [0, 0.1) is 0 Å². The van der Waals surface area contributed by atoms with Crippen LogP contribution in [0.15, 0.2) is 71.1 Å². The van der Waals surface area contributed by atoms with E-state index in [0.29, 0.717) is 12.3 Å². The fourth-order valence-corrected chi connectivity index (χ4v) is 3.82. The van der Waals surface area contributed by atoms with Crippen LogP contribution in [0.3, 0.4) is 0 Å². The molecule has 3 aromatic rings. The number of amides is 1. The lowest BCUT2D eigenvalue weighted by Gasteiger charge is -2.26. The maximum absolute atomic E-state index is 12.2. The number of hydrogen-bond acceptors (Lipinski definition) is 4. The molecule has 1 N–H and O–H groups in total. The van der Waals surface area contributed by atoms with Crippen LogP contribution in [-0.2, 0) is 16.8 Å². The van der Waals surface area contributed by atoms with Gasteiger partial charge >= 0.3 is 0 Å². The van der Waals surface area contributed by atoms with Gasteiger partial charge in [-0.25, -0.2) is 0 Å². The van der Waals surface area contributed by atoms with Crippen LogP contribution < -0.4 is 10.1 Å². The number of rotatable bonds is 8. The Labute approximate surface area is 183 Å². The van der Waals surface area contributed by atoms with Gasteiger partial charge in [-0.15, -0.1) is 0 Å². The number of carbonyl (C=O) groups excluding carboxylic acids is 1. The second kappa shape index (κ2) is 9.40. The van der Waals surface area contributed by atoms with E-state index >= 15 is 0 Å². The summed E-state index contributed by atoms with van der Waals surface area (Å²) in [5.74, 6) is 1.43. The Morgan fingerprint density at radius 2 is 1.77 bits per heavy atom. The van der Waals surface area contributed by atoms with Crippen LogP contribution in [0.2, 0.25) is 0 Å². The van der Waals surface area contributed by atoms with Crippen LogP contribution >= 0.6 is 0 Å². The van der Waals surface area contributed by atoms with E-state index in [1.807, 2.05) is 18.2 Å². The molecule has 1 saturated heterocycles. The molecule has 0 spiro atoms. The first-order valence-electron chi connectivity index (χ1n) is 10.8. The van der Waals surface area contributed by atoms with Crippen molar-refractivity contribution in [1.29, 1.82) is 0 Å². The van der Waals surface area contributed by atoms with E-state index in [0.717, 1.165) is 25.2 Å².